The number of anilines is 1. The van der Waals surface area contributed by atoms with E-state index in [-0.39, 0.29) is 11.3 Å². The van der Waals surface area contributed by atoms with Gasteiger partial charge in [0.05, 0.1) is 34.1 Å². The van der Waals surface area contributed by atoms with Crippen LogP contribution in [0.15, 0.2) is 72.4 Å². The first-order valence-corrected chi connectivity index (χ1v) is 14.5. The number of carbonyl (C=O) groups is 2. The van der Waals surface area contributed by atoms with Crippen LogP contribution >= 0.6 is 11.3 Å². The number of benzene rings is 2. The molecule has 1 unspecified atom stereocenters. The standard InChI is InChI=1S/C32H30N4O4S/c1-4-5-8-17-40-22-13-11-21(12-14-22)28-26(29(37)27-20(3)33-25-9-6-7-16-35(25)27)30(38)31(39)36(28)32-34-23-15-10-19(2)18-24(23)41-32/h6-7,9-16,18,28,37H,4-5,8,17H2,1-3H3. The number of imidazole rings is 1. The van der Waals surface area contributed by atoms with Crippen LogP contribution in [-0.4, -0.2) is 37.8 Å². The maximum absolute atomic E-state index is 13.7. The number of aliphatic hydroxyl groups is 1. The Morgan fingerprint density at radius 1 is 1.02 bits per heavy atom. The summed E-state index contributed by atoms with van der Waals surface area (Å²) in [6.45, 7) is 6.53. The lowest BCUT2D eigenvalue weighted by molar-refractivity contribution is -0.132. The lowest BCUT2D eigenvalue weighted by Gasteiger charge is -2.23. The van der Waals surface area contributed by atoms with E-state index in [0.717, 1.165) is 35.0 Å². The Morgan fingerprint density at radius 3 is 2.61 bits per heavy atom. The molecule has 8 nitrogen and oxygen atoms in total. The van der Waals surface area contributed by atoms with Crippen molar-refractivity contribution in [3.8, 4) is 5.75 Å². The van der Waals surface area contributed by atoms with Crippen LogP contribution in [0.5, 0.6) is 5.75 Å². The smallest absolute Gasteiger partial charge is 0.301 e. The lowest BCUT2D eigenvalue weighted by Crippen LogP contribution is -2.29. The second-order valence-electron chi connectivity index (χ2n) is 10.2. The van der Waals surface area contributed by atoms with Crippen LogP contribution in [0.4, 0.5) is 5.13 Å². The van der Waals surface area contributed by atoms with Gasteiger partial charge in [-0.3, -0.25) is 18.9 Å². The van der Waals surface area contributed by atoms with Crippen molar-refractivity contribution in [1.82, 2.24) is 14.4 Å². The minimum absolute atomic E-state index is 0.00389. The van der Waals surface area contributed by atoms with Crippen LogP contribution in [0, 0.1) is 13.8 Å². The Balaban J connectivity index is 1.50. The zero-order valence-electron chi connectivity index (χ0n) is 23.1. The lowest BCUT2D eigenvalue weighted by atomic mass is 9.96. The van der Waals surface area contributed by atoms with Gasteiger partial charge < -0.3 is 9.84 Å². The van der Waals surface area contributed by atoms with Gasteiger partial charge in [0, 0.05) is 6.20 Å². The van der Waals surface area contributed by atoms with E-state index in [1.807, 2.05) is 67.6 Å². The number of rotatable bonds is 8. The predicted octanol–water partition coefficient (Wildman–Crippen LogP) is 6.76. The number of thiazole rings is 1. The van der Waals surface area contributed by atoms with Crippen molar-refractivity contribution >= 4 is 49.8 Å². The molecule has 1 fully saturated rings. The molecule has 1 saturated heterocycles. The predicted molar refractivity (Wildman–Crippen MR) is 161 cm³/mol. The zero-order chi connectivity index (χ0) is 28.7. The molecule has 0 saturated carbocycles. The quantitative estimate of drug-likeness (QED) is 0.0965. The molecule has 208 valence electrons. The summed E-state index contributed by atoms with van der Waals surface area (Å²) in [5, 5.41) is 12.1. The molecule has 1 amide bonds. The van der Waals surface area contributed by atoms with E-state index in [9.17, 15) is 14.7 Å². The monoisotopic (exact) mass is 566 g/mol. The van der Waals surface area contributed by atoms with Crippen LogP contribution in [0.3, 0.4) is 0 Å². The molecule has 9 heteroatoms. The highest BCUT2D eigenvalue weighted by atomic mass is 32.1. The SMILES string of the molecule is CCCCCOc1ccc(C2C(=C(O)c3c(C)nc4ccccn34)C(=O)C(=O)N2c2nc3ccc(C)cc3s2)cc1. The van der Waals surface area contributed by atoms with Gasteiger partial charge in [0.15, 0.2) is 10.9 Å². The average Bonchev–Trinajstić information content (AvgIpc) is 3.61. The van der Waals surface area contributed by atoms with Crippen LogP contribution in [0.1, 0.15) is 54.7 Å². The molecule has 0 aliphatic carbocycles. The molecule has 2 aromatic carbocycles. The molecular formula is C32H30N4O4S. The van der Waals surface area contributed by atoms with Gasteiger partial charge >= 0.3 is 5.91 Å². The van der Waals surface area contributed by atoms with Gasteiger partial charge in [-0.2, -0.15) is 0 Å². The number of nitrogens with zero attached hydrogens (tertiary/aromatic N) is 4. The zero-order valence-corrected chi connectivity index (χ0v) is 23.9. The third kappa shape index (κ3) is 4.76. The maximum Gasteiger partial charge on any atom is 0.301 e. The first-order valence-electron chi connectivity index (χ1n) is 13.7. The number of hydrogen-bond acceptors (Lipinski definition) is 7. The number of ether oxygens (including phenoxy) is 1. The maximum atomic E-state index is 13.7. The number of ketones is 1. The van der Waals surface area contributed by atoms with Crippen LogP contribution in [0.2, 0.25) is 0 Å². The van der Waals surface area contributed by atoms with Crippen molar-refractivity contribution in [2.24, 2.45) is 0 Å². The molecule has 5 aromatic rings. The van der Waals surface area contributed by atoms with E-state index in [1.165, 1.54) is 16.2 Å². The minimum atomic E-state index is -0.889. The number of aliphatic hydroxyl groups excluding tert-OH is 1. The molecule has 6 rings (SSSR count). The summed E-state index contributed by atoms with van der Waals surface area (Å²) in [6, 6.07) is 17.8. The van der Waals surface area contributed by atoms with Crippen LogP contribution in [0.25, 0.3) is 21.6 Å². The number of amides is 1. The van der Waals surface area contributed by atoms with Crippen LogP contribution < -0.4 is 9.64 Å². The highest BCUT2D eigenvalue weighted by molar-refractivity contribution is 7.22. The van der Waals surface area contributed by atoms with E-state index in [1.54, 1.807) is 17.5 Å². The largest absolute Gasteiger partial charge is 0.505 e. The third-order valence-corrected chi connectivity index (χ3v) is 8.34. The second-order valence-corrected chi connectivity index (χ2v) is 11.2. The second kappa shape index (κ2) is 10.8. The highest BCUT2D eigenvalue weighted by Gasteiger charge is 2.48. The first-order chi connectivity index (χ1) is 19.9. The van der Waals surface area contributed by atoms with E-state index < -0.39 is 17.7 Å². The fourth-order valence-electron chi connectivity index (χ4n) is 5.28. The summed E-state index contributed by atoms with van der Waals surface area (Å²) in [6.07, 6.45) is 4.94. The van der Waals surface area contributed by atoms with Gasteiger partial charge in [0.25, 0.3) is 5.78 Å². The molecular weight excluding hydrogens is 536 g/mol. The Kier molecular flexibility index (Phi) is 7.05. The molecule has 1 aliphatic heterocycles. The highest BCUT2D eigenvalue weighted by Crippen LogP contribution is 2.45. The molecule has 4 heterocycles. The van der Waals surface area contributed by atoms with E-state index in [0.29, 0.717) is 40.1 Å². The van der Waals surface area contributed by atoms with Crippen LogP contribution in [-0.2, 0) is 9.59 Å². The summed E-state index contributed by atoms with van der Waals surface area (Å²) < 4.78 is 8.53. The molecule has 41 heavy (non-hydrogen) atoms. The summed E-state index contributed by atoms with van der Waals surface area (Å²) in [4.78, 5) is 38.1. The van der Waals surface area contributed by atoms with Crippen molar-refractivity contribution in [1.29, 1.82) is 0 Å². The van der Waals surface area contributed by atoms with Gasteiger partial charge in [-0.05, 0) is 67.8 Å². The van der Waals surface area contributed by atoms with Gasteiger partial charge in [-0.1, -0.05) is 55.4 Å². The van der Waals surface area contributed by atoms with E-state index in [4.69, 9.17) is 9.72 Å². The Labute approximate surface area is 241 Å². The van der Waals surface area contributed by atoms with Crippen molar-refractivity contribution in [2.75, 3.05) is 11.5 Å². The van der Waals surface area contributed by atoms with Crippen molar-refractivity contribution in [2.45, 2.75) is 46.1 Å². The fraction of sp³-hybridized carbons (Fsp3) is 0.250. The number of fused-ring (bicyclic) bond motifs is 2. The van der Waals surface area contributed by atoms with Gasteiger partial charge in [0.1, 0.15) is 17.1 Å². The number of aromatic nitrogens is 3. The molecule has 0 radical (unpaired) electrons. The topological polar surface area (TPSA) is 97.0 Å². The van der Waals surface area contributed by atoms with E-state index in [2.05, 4.69) is 11.9 Å². The number of aryl methyl sites for hydroxylation is 2. The number of pyridine rings is 1. The fourth-order valence-corrected chi connectivity index (χ4v) is 6.37. The molecule has 1 N–H and O–H groups in total. The van der Waals surface area contributed by atoms with Crippen molar-refractivity contribution in [3.05, 3.63) is 94.9 Å². The summed E-state index contributed by atoms with van der Waals surface area (Å²) >= 11 is 1.34. The van der Waals surface area contributed by atoms with Gasteiger partial charge in [0.2, 0.25) is 0 Å². The molecule has 1 aliphatic rings. The summed E-state index contributed by atoms with van der Waals surface area (Å²) in [5.41, 5.74) is 4.02. The number of hydrogen-bond donors (Lipinski definition) is 1. The van der Waals surface area contributed by atoms with Gasteiger partial charge in [-0.15, -0.1) is 0 Å². The molecule has 0 bridgehead atoms. The summed E-state index contributed by atoms with van der Waals surface area (Å²) in [5.74, 6) is -1.08. The van der Waals surface area contributed by atoms with Crippen molar-refractivity contribution < 1.29 is 19.4 Å². The number of unbranched alkanes of at least 4 members (excludes halogenated alkanes) is 2. The minimum Gasteiger partial charge on any atom is -0.505 e. The van der Waals surface area contributed by atoms with E-state index >= 15 is 0 Å². The van der Waals surface area contributed by atoms with Crippen molar-refractivity contribution in [3.63, 3.8) is 0 Å². The average molecular weight is 567 g/mol. The number of carbonyl (C=O) groups excluding carboxylic acids is 2. The van der Waals surface area contributed by atoms with Gasteiger partial charge in [-0.25, -0.2) is 9.97 Å². The Bertz CT molecular complexity index is 1820. The summed E-state index contributed by atoms with van der Waals surface area (Å²) in [7, 11) is 0. The Hall–Kier alpha value is -4.50. The molecule has 1 atom stereocenters. The first kappa shape index (κ1) is 26.7. The Morgan fingerprint density at radius 2 is 1.83 bits per heavy atom. The normalized spacial score (nSPS) is 16.8. The molecule has 0 spiro atoms. The number of Topliss-reactive ketones (excluding diaryl/α,β-unsaturated/α-hetero) is 1. The third-order valence-electron chi connectivity index (χ3n) is 7.32. The molecule has 3 aromatic heterocycles.